The van der Waals surface area contributed by atoms with Gasteiger partial charge in [-0.25, -0.2) is 0 Å². The van der Waals surface area contributed by atoms with E-state index in [1.165, 1.54) is 28.9 Å². The highest BCUT2D eigenvalue weighted by molar-refractivity contribution is 9.08. The zero-order valence-corrected chi connectivity index (χ0v) is 12.9. The molecule has 1 aliphatic heterocycles. The first-order valence-corrected chi connectivity index (χ1v) is 7.99. The fraction of sp³-hybridized carbons (Fsp3) is 0.250. The molecule has 0 aromatic heterocycles. The summed E-state index contributed by atoms with van der Waals surface area (Å²) in [6.07, 6.45) is 2.35. The third-order valence-electron chi connectivity index (χ3n) is 3.59. The average molecular weight is 337 g/mol. The molecule has 0 radical (unpaired) electrons. The maximum Gasteiger partial charge on any atom is 0.0466 e. The number of para-hydroxylation sites is 1. The summed E-state index contributed by atoms with van der Waals surface area (Å²) in [5.41, 5.74) is 5.24. The van der Waals surface area contributed by atoms with Crippen LogP contribution in [0.5, 0.6) is 0 Å². The van der Waals surface area contributed by atoms with Crippen LogP contribution in [0.4, 0.5) is 11.4 Å². The zero-order chi connectivity index (χ0) is 13.2. The molecule has 0 spiro atoms. The summed E-state index contributed by atoms with van der Waals surface area (Å²) in [5, 5.41) is 1.64. The molecule has 19 heavy (non-hydrogen) atoms. The van der Waals surface area contributed by atoms with Crippen molar-refractivity contribution < 1.29 is 0 Å². The predicted octanol–water partition coefficient (Wildman–Crippen LogP) is 5.32. The molecule has 3 rings (SSSR count). The lowest BCUT2D eigenvalue weighted by Crippen LogP contribution is -2.25. The molecular weight excluding hydrogens is 322 g/mol. The quantitative estimate of drug-likeness (QED) is 0.671. The molecule has 1 heterocycles. The lowest BCUT2D eigenvalue weighted by Gasteiger charge is -2.32. The van der Waals surface area contributed by atoms with Crippen molar-refractivity contribution in [1.29, 1.82) is 0 Å². The first-order chi connectivity index (χ1) is 9.29. The van der Waals surface area contributed by atoms with Crippen LogP contribution in [0.15, 0.2) is 42.5 Å². The van der Waals surface area contributed by atoms with Gasteiger partial charge in [0.15, 0.2) is 0 Å². The van der Waals surface area contributed by atoms with Crippen LogP contribution in [-0.4, -0.2) is 6.54 Å². The second-order valence-corrected chi connectivity index (χ2v) is 5.79. The second-order valence-electron chi connectivity index (χ2n) is 4.79. The number of hydrogen-bond donors (Lipinski definition) is 0. The van der Waals surface area contributed by atoms with E-state index in [2.05, 4.69) is 57.2 Å². The van der Waals surface area contributed by atoms with Crippen molar-refractivity contribution in [3.05, 3.63) is 58.6 Å². The monoisotopic (exact) mass is 335 g/mol. The Morgan fingerprint density at radius 2 is 1.95 bits per heavy atom. The number of nitrogens with zero attached hydrogens (tertiary/aromatic N) is 1. The van der Waals surface area contributed by atoms with E-state index in [4.69, 9.17) is 11.6 Å². The topological polar surface area (TPSA) is 3.24 Å². The number of aryl methyl sites for hydroxylation is 1. The van der Waals surface area contributed by atoms with E-state index in [9.17, 15) is 0 Å². The van der Waals surface area contributed by atoms with Crippen LogP contribution in [0.25, 0.3) is 0 Å². The molecule has 2 aromatic carbocycles. The summed E-state index contributed by atoms with van der Waals surface area (Å²) in [7, 11) is 0. The van der Waals surface area contributed by atoms with Crippen molar-refractivity contribution in [2.75, 3.05) is 11.4 Å². The van der Waals surface area contributed by atoms with Gasteiger partial charge in [-0.3, -0.25) is 0 Å². The molecule has 0 saturated heterocycles. The van der Waals surface area contributed by atoms with Crippen LogP contribution >= 0.6 is 27.5 Å². The summed E-state index contributed by atoms with van der Waals surface area (Å²) in [6.45, 7) is 1.05. The molecule has 1 nitrogen and oxygen atoms in total. The molecule has 0 saturated carbocycles. The Hall–Kier alpha value is -0.990. The molecule has 0 N–H and O–H groups in total. The van der Waals surface area contributed by atoms with Gasteiger partial charge in [-0.05, 0) is 42.2 Å². The summed E-state index contributed by atoms with van der Waals surface area (Å²) < 4.78 is 0. The van der Waals surface area contributed by atoms with E-state index in [1.54, 1.807) is 0 Å². The van der Waals surface area contributed by atoms with Gasteiger partial charge in [-0.2, -0.15) is 0 Å². The van der Waals surface area contributed by atoms with Crippen molar-refractivity contribution in [2.24, 2.45) is 0 Å². The Kier molecular flexibility index (Phi) is 3.81. The number of alkyl halides is 1. The van der Waals surface area contributed by atoms with E-state index in [-0.39, 0.29) is 0 Å². The van der Waals surface area contributed by atoms with E-state index in [0.717, 1.165) is 23.3 Å². The maximum atomic E-state index is 6.18. The predicted molar refractivity (Wildman–Crippen MR) is 85.9 cm³/mol. The van der Waals surface area contributed by atoms with Crippen LogP contribution in [0, 0.1) is 0 Å². The Morgan fingerprint density at radius 3 is 2.79 bits per heavy atom. The number of anilines is 2. The lowest BCUT2D eigenvalue weighted by molar-refractivity contribution is 0.765. The number of fused-ring (bicyclic) bond motifs is 1. The first kappa shape index (κ1) is 13.0. The standard InChI is InChI=1S/C16H15BrClN/c17-11-13-7-8-14(18)10-16(13)19-9-3-5-12-4-1-2-6-15(12)19/h1-2,4,6-8,10H,3,5,9,11H2. The van der Waals surface area contributed by atoms with Gasteiger partial charge < -0.3 is 4.90 Å². The first-order valence-electron chi connectivity index (χ1n) is 6.49. The number of hydrogen-bond acceptors (Lipinski definition) is 1. The fourth-order valence-electron chi connectivity index (χ4n) is 2.69. The summed E-state index contributed by atoms with van der Waals surface area (Å²) in [4.78, 5) is 2.39. The highest BCUT2D eigenvalue weighted by Crippen LogP contribution is 2.37. The van der Waals surface area contributed by atoms with E-state index < -0.39 is 0 Å². The molecule has 2 aromatic rings. The Balaban J connectivity index is 2.11. The SMILES string of the molecule is Clc1ccc(CBr)c(N2CCCc3ccccc32)c1. The molecule has 1 aliphatic rings. The third-order valence-corrected chi connectivity index (χ3v) is 4.43. The smallest absolute Gasteiger partial charge is 0.0466 e. The van der Waals surface area contributed by atoms with Crippen LogP contribution < -0.4 is 4.90 Å². The van der Waals surface area contributed by atoms with Crippen LogP contribution in [0.2, 0.25) is 5.02 Å². The Morgan fingerprint density at radius 1 is 1.11 bits per heavy atom. The molecule has 98 valence electrons. The Bertz CT molecular complexity index is 597. The summed E-state index contributed by atoms with van der Waals surface area (Å²) in [5.74, 6) is 0. The van der Waals surface area contributed by atoms with Gasteiger partial charge in [0.2, 0.25) is 0 Å². The molecular formula is C16H15BrClN. The molecule has 0 atom stereocenters. The van der Waals surface area contributed by atoms with Crippen molar-refractivity contribution >= 4 is 38.9 Å². The zero-order valence-electron chi connectivity index (χ0n) is 10.6. The van der Waals surface area contributed by atoms with Crippen molar-refractivity contribution in [3.63, 3.8) is 0 Å². The normalized spacial score (nSPS) is 14.3. The fourth-order valence-corrected chi connectivity index (χ4v) is 3.33. The molecule has 0 aliphatic carbocycles. The highest BCUT2D eigenvalue weighted by atomic mass is 79.9. The minimum atomic E-state index is 0.794. The Labute approximate surface area is 127 Å². The van der Waals surface area contributed by atoms with E-state index in [0.29, 0.717) is 0 Å². The second kappa shape index (κ2) is 5.56. The van der Waals surface area contributed by atoms with Gasteiger partial charge in [-0.1, -0.05) is 51.8 Å². The largest absolute Gasteiger partial charge is 0.341 e. The van der Waals surface area contributed by atoms with Gasteiger partial charge in [0.05, 0.1) is 0 Å². The highest BCUT2D eigenvalue weighted by Gasteiger charge is 2.19. The molecule has 3 heteroatoms. The molecule has 0 unspecified atom stereocenters. The van der Waals surface area contributed by atoms with Gasteiger partial charge in [0.25, 0.3) is 0 Å². The number of benzene rings is 2. The minimum absolute atomic E-state index is 0.794. The van der Waals surface area contributed by atoms with E-state index >= 15 is 0 Å². The van der Waals surface area contributed by atoms with Crippen molar-refractivity contribution in [3.8, 4) is 0 Å². The van der Waals surface area contributed by atoms with Crippen LogP contribution in [0.1, 0.15) is 17.5 Å². The van der Waals surface area contributed by atoms with Gasteiger partial charge in [-0.15, -0.1) is 0 Å². The maximum absolute atomic E-state index is 6.18. The molecule has 0 amide bonds. The third kappa shape index (κ3) is 2.52. The average Bonchev–Trinajstić information content (AvgIpc) is 2.46. The number of halogens is 2. The van der Waals surface area contributed by atoms with Crippen LogP contribution in [-0.2, 0) is 11.8 Å². The van der Waals surface area contributed by atoms with E-state index in [1.807, 2.05) is 6.07 Å². The van der Waals surface area contributed by atoms with Gasteiger partial charge in [0, 0.05) is 28.3 Å². The summed E-state index contributed by atoms with van der Waals surface area (Å²) in [6, 6.07) is 14.8. The van der Waals surface area contributed by atoms with Gasteiger partial charge >= 0.3 is 0 Å². The summed E-state index contributed by atoms with van der Waals surface area (Å²) >= 11 is 9.75. The molecule has 0 bridgehead atoms. The molecule has 0 fully saturated rings. The van der Waals surface area contributed by atoms with Crippen molar-refractivity contribution in [2.45, 2.75) is 18.2 Å². The minimum Gasteiger partial charge on any atom is -0.341 e. The van der Waals surface area contributed by atoms with Crippen LogP contribution in [0.3, 0.4) is 0 Å². The number of rotatable bonds is 2. The van der Waals surface area contributed by atoms with Gasteiger partial charge in [0.1, 0.15) is 0 Å². The van der Waals surface area contributed by atoms with Crippen molar-refractivity contribution in [1.82, 2.24) is 0 Å². The lowest BCUT2D eigenvalue weighted by atomic mass is 10.0.